The van der Waals surface area contributed by atoms with Gasteiger partial charge in [-0.05, 0) is 37.2 Å². The zero-order valence-corrected chi connectivity index (χ0v) is 9.73. The van der Waals surface area contributed by atoms with E-state index in [4.69, 9.17) is 4.42 Å². The normalized spacial score (nSPS) is 12.6. The molecule has 2 rings (SSSR count). The molecule has 0 fully saturated rings. The molecule has 16 heavy (non-hydrogen) atoms. The van der Waals surface area contributed by atoms with Crippen LogP contribution in [0.25, 0.3) is 0 Å². The van der Waals surface area contributed by atoms with Crippen LogP contribution in [0.15, 0.2) is 47.1 Å². The average molecular weight is 215 g/mol. The second-order valence-electron chi connectivity index (χ2n) is 3.98. The first-order valence-corrected chi connectivity index (χ1v) is 5.56. The molecule has 0 aliphatic carbocycles. The second-order valence-corrected chi connectivity index (χ2v) is 3.98. The van der Waals surface area contributed by atoms with Crippen LogP contribution in [-0.4, -0.2) is 7.05 Å². The van der Waals surface area contributed by atoms with Crippen LogP contribution in [0.4, 0.5) is 0 Å². The van der Waals surface area contributed by atoms with E-state index in [2.05, 4.69) is 36.5 Å². The van der Waals surface area contributed by atoms with Gasteiger partial charge >= 0.3 is 0 Å². The molecule has 1 heterocycles. The summed E-state index contributed by atoms with van der Waals surface area (Å²) in [5, 5.41) is 3.34. The first kappa shape index (κ1) is 11.0. The number of aryl methyl sites for hydroxylation is 1. The minimum atomic E-state index is 0.312. The van der Waals surface area contributed by atoms with Gasteiger partial charge in [0.05, 0.1) is 6.26 Å². The minimum absolute atomic E-state index is 0.312. The molecule has 0 aliphatic heterocycles. The number of hydrogen-bond donors (Lipinski definition) is 1. The molecule has 2 aromatic rings. The monoisotopic (exact) mass is 215 g/mol. The predicted molar refractivity (Wildman–Crippen MR) is 65.4 cm³/mol. The van der Waals surface area contributed by atoms with Crippen LogP contribution >= 0.6 is 0 Å². The highest BCUT2D eigenvalue weighted by Gasteiger charge is 2.13. The van der Waals surface area contributed by atoms with E-state index >= 15 is 0 Å². The molecule has 0 bridgehead atoms. The summed E-state index contributed by atoms with van der Waals surface area (Å²) in [6.07, 6.45) is 2.61. The Morgan fingerprint density at radius 2 is 2.00 bits per heavy atom. The molecule has 2 nitrogen and oxygen atoms in total. The Morgan fingerprint density at radius 3 is 2.62 bits per heavy atom. The summed E-state index contributed by atoms with van der Waals surface area (Å²) in [7, 11) is 1.99. The van der Waals surface area contributed by atoms with Crippen LogP contribution in [0, 0.1) is 6.92 Å². The van der Waals surface area contributed by atoms with Gasteiger partial charge < -0.3 is 9.73 Å². The molecule has 1 aromatic carbocycles. The summed E-state index contributed by atoms with van der Waals surface area (Å²) in [5.41, 5.74) is 2.65. The highest BCUT2D eigenvalue weighted by Crippen LogP contribution is 2.21. The highest BCUT2D eigenvalue weighted by molar-refractivity contribution is 5.29. The fraction of sp³-hybridized carbons (Fsp3) is 0.286. The van der Waals surface area contributed by atoms with E-state index < -0.39 is 0 Å². The van der Waals surface area contributed by atoms with Crippen molar-refractivity contribution in [3.05, 3.63) is 59.5 Å². The summed E-state index contributed by atoms with van der Waals surface area (Å²) in [6, 6.07) is 12.7. The molecule has 1 atom stereocenters. The molecule has 84 valence electrons. The van der Waals surface area contributed by atoms with Gasteiger partial charge in [-0.25, -0.2) is 0 Å². The van der Waals surface area contributed by atoms with Crippen molar-refractivity contribution < 1.29 is 4.42 Å². The Kier molecular flexibility index (Phi) is 3.42. The molecule has 1 N–H and O–H groups in total. The van der Waals surface area contributed by atoms with Crippen molar-refractivity contribution in [2.24, 2.45) is 0 Å². The standard InChI is InChI=1S/C14H17NO/c1-11-6-3-4-8-13(11)14(15-2)10-12-7-5-9-16-12/h3-9,14-15H,10H2,1-2H3. The van der Waals surface area contributed by atoms with E-state index in [1.807, 2.05) is 19.2 Å². The zero-order valence-electron chi connectivity index (χ0n) is 9.73. The second kappa shape index (κ2) is 4.99. The van der Waals surface area contributed by atoms with E-state index in [0.717, 1.165) is 12.2 Å². The fourth-order valence-corrected chi connectivity index (χ4v) is 1.98. The summed E-state index contributed by atoms with van der Waals surface area (Å²) < 4.78 is 5.39. The third-order valence-electron chi connectivity index (χ3n) is 2.90. The SMILES string of the molecule is CNC(Cc1ccco1)c1ccccc1C. The molecule has 0 radical (unpaired) electrons. The maximum Gasteiger partial charge on any atom is 0.105 e. The molecular formula is C14H17NO. The molecule has 1 aromatic heterocycles. The topological polar surface area (TPSA) is 25.2 Å². The molecule has 0 amide bonds. The minimum Gasteiger partial charge on any atom is -0.469 e. The first-order valence-electron chi connectivity index (χ1n) is 5.56. The average Bonchev–Trinajstić information content (AvgIpc) is 2.80. The quantitative estimate of drug-likeness (QED) is 0.847. The number of likely N-dealkylation sites (N-methyl/N-ethyl adjacent to an activating group) is 1. The fourth-order valence-electron chi connectivity index (χ4n) is 1.98. The lowest BCUT2D eigenvalue weighted by atomic mass is 9.98. The van der Waals surface area contributed by atoms with Gasteiger partial charge in [0.1, 0.15) is 5.76 Å². The summed E-state index contributed by atoms with van der Waals surface area (Å²) in [4.78, 5) is 0. The van der Waals surface area contributed by atoms with Crippen molar-refractivity contribution in [3.8, 4) is 0 Å². The van der Waals surface area contributed by atoms with Crippen LogP contribution in [0.2, 0.25) is 0 Å². The van der Waals surface area contributed by atoms with E-state index in [9.17, 15) is 0 Å². The van der Waals surface area contributed by atoms with Crippen LogP contribution in [0.1, 0.15) is 22.9 Å². The van der Waals surface area contributed by atoms with Gasteiger partial charge in [-0.1, -0.05) is 24.3 Å². The van der Waals surface area contributed by atoms with Crippen molar-refractivity contribution >= 4 is 0 Å². The van der Waals surface area contributed by atoms with Crippen LogP contribution < -0.4 is 5.32 Å². The highest BCUT2D eigenvalue weighted by atomic mass is 16.3. The van der Waals surface area contributed by atoms with Crippen LogP contribution in [0.3, 0.4) is 0 Å². The smallest absolute Gasteiger partial charge is 0.105 e. The van der Waals surface area contributed by atoms with Gasteiger partial charge in [0, 0.05) is 12.5 Å². The van der Waals surface area contributed by atoms with Crippen molar-refractivity contribution in [1.29, 1.82) is 0 Å². The molecule has 0 saturated carbocycles. The first-order chi connectivity index (χ1) is 7.81. The van der Waals surface area contributed by atoms with Gasteiger partial charge in [-0.15, -0.1) is 0 Å². The van der Waals surface area contributed by atoms with Crippen molar-refractivity contribution in [3.63, 3.8) is 0 Å². The van der Waals surface area contributed by atoms with Crippen LogP contribution in [-0.2, 0) is 6.42 Å². The largest absolute Gasteiger partial charge is 0.469 e. The van der Waals surface area contributed by atoms with Gasteiger partial charge in [0.2, 0.25) is 0 Å². The zero-order chi connectivity index (χ0) is 11.4. The lowest BCUT2D eigenvalue weighted by Gasteiger charge is -2.17. The number of nitrogens with one attached hydrogen (secondary N) is 1. The number of furan rings is 1. The lowest BCUT2D eigenvalue weighted by molar-refractivity contribution is 0.465. The number of rotatable bonds is 4. The summed E-state index contributed by atoms with van der Waals surface area (Å²) in [5.74, 6) is 1.02. The maximum absolute atomic E-state index is 5.39. The Bertz CT molecular complexity index is 434. The van der Waals surface area contributed by atoms with Gasteiger partial charge in [-0.2, -0.15) is 0 Å². The van der Waals surface area contributed by atoms with Crippen molar-refractivity contribution in [2.75, 3.05) is 7.05 Å². The van der Waals surface area contributed by atoms with Gasteiger partial charge in [-0.3, -0.25) is 0 Å². The molecule has 0 aliphatic rings. The maximum atomic E-state index is 5.39. The lowest BCUT2D eigenvalue weighted by Crippen LogP contribution is -2.19. The van der Waals surface area contributed by atoms with Gasteiger partial charge in [0.25, 0.3) is 0 Å². The molecule has 1 unspecified atom stereocenters. The third kappa shape index (κ3) is 2.34. The number of hydrogen-bond acceptors (Lipinski definition) is 2. The van der Waals surface area contributed by atoms with E-state index in [0.29, 0.717) is 6.04 Å². The Morgan fingerprint density at radius 1 is 1.19 bits per heavy atom. The molecule has 0 spiro atoms. The van der Waals surface area contributed by atoms with E-state index in [-0.39, 0.29) is 0 Å². The number of benzene rings is 1. The van der Waals surface area contributed by atoms with E-state index in [1.54, 1.807) is 6.26 Å². The molecular weight excluding hydrogens is 198 g/mol. The van der Waals surface area contributed by atoms with Gasteiger partial charge in [0.15, 0.2) is 0 Å². The predicted octanol–water partition coefficient (Wildman–Crippen LogP) is 3.09. The summed E-state index contributed by atoms with van der Waals surface area (Å²) in [6.45, 7) is 2.14. The van der Waals surface area contributed by atoms with E-state index in [1.165, 1.54) is 11.1 Å². The van der Waals surface area contributed by atoms with Crippen LogP contribution in [0.5, 0.6) is 0 Å². The Labute approximate surface area is 96.3 Å². The van der Waals surface area contributed by atoms with Crippen molar-refractivity contribution in [1.82, 2.24) is 5.32 Å². The summed E-state index contributed by atoms with van der Waals surface area (Å²) >= 11 is 0. The third-order valence-corrected chi connectivity index (χ3v) is 2.90. The van der Waals surface area contributed by atoms with Crippen molar-refractivity contribution in [2.45, 2.75) is 19.4 Å². The Hall–Kier alpha value is -1.54. The molecule has 0 saturated heterocycles. The Balaban J connectivity index is 2.20. The molecule has 2 heteroatoms.